The number of aryl methyl sites for hydroxylation is 1. The van der Waals surface area contributed by atoms with E-state index in [1.807, 2.05) is 13.0 Å². The van der Waals surface area contributed by atoms with Crippen LogP contribution in [0.4, 0.5) is 4.39 Å². The number of aliphatic hydroxyl groups excluding tert-OH is 1. The Morgan fingerprint density at radius 1 is 1.46 bits per heavy atom. The van der Waals surface area contributed by atoms with Crippen LogP contribution in [0.1, 0.15) is 17.0 Å². The van der Waals surface area contributed by atoms with Gasteiger partial charge in [0.2, 0.25) is 0 Å². The van der Waals surface area contributed by atoms with Crippen molar-refractivity contribution >= 4 is 0 Å². The number of aliphatic hydroxyl groups is 1. The number of nitrogens with two attached hydrogens (primary N) is 1. The SMILES string of the molecule is Cc1cc(F)cc(C(CN)CO)c1. The van der Waals surface area contributed by atoms with Crippen molar-refractivity contribution in [1.29, 1.82) is 0 Å². The van der Waals surface area contributed by atoms with E-state index in [1.165, 1.54) is 12.1 Å². The van der Waals surface area contributed by atoms with Crippen molar-refractivity contribution < 1.29 is 9.50 Å². The first kappa shape index (κ1) is 10.2. The molecule has 1 aromatic rings. The third kappa shape index (κ3) is 2.50. The summed E-state index contributed by atoms with van der Waals surface area (Å²) in [5.41, 5.74) is 7.05. The van der Waals surface area contributed by atoms with Crippen molar-refractivity contribution in [1.82, 2.24) is 0 Å². The minimum Gasteiger partial charge on any atom is -0.396 e. The van der Waals surface area contributed by atoms with Crippen LogP contribution in [0.25, 0.3) is 0 Å². The maximum atomic E-state index is 12.9. The van der Waals surface area contributed by atoms with Crippen LogP contribution in [0.2, 0.25) is 0 Å². The van der Waals surface area contributed by atoms with Gasteiger partial charge in [-0.3, -0.25) is 0 Å². The van der Waals surface area contributed by atoms with Crippen LogP contribution in [0, 0.1) is 12.7 Å². The first-order valence-electron chi connectivity index (χ1n) is 4.25. The molecule has 2 nitrogen and oxygen atoms in total. The van der Waals surface area contributed by atoms with Gasteiger partial charge in [0.15, 0.2) is 0 Å². The smallest absolute Gasteiger partial charge is 0.123 e. The minimum atomic E-state index is -0.276. The molecule has 1 rings (SSSR count). The normalized spacial score (nSPS) is 12.9. The van der Waals surface area contributed by atoms with Gasteiger partial charge in [-0.15, -0.1) is 0 Å². The summed E-state index contributed by atoms with van der Waals surface area (Å²) < 4.78 is 12.9. The van der Waals surface area contributed by atoms with Crippen LogP contribution in [-0.4, -0.2) is 18.3 Å². The summed E-state index contributed by atoms with van der Waals surface area (Å²) in [6.45, 7) is 2.11. The lowest BCUT2D eigenvalue weighted by molar-refractivity contribution is 0.267. The highest BCUT2D eigenvalue weighted by Crippen LogP contribution is 2.17. The van der Waals surface area contributed by atoms with E-state index < -0.39 is 0 Å². The Bertz CT molecular complexity index is 264. The van der Waals surface area contributed by atoms with Crippen molar-refractivity contribution in [2.45, 2.75) is 12.8 Å². The van der Waals surface area contributed by atoms with E-state index in [0.29, 0.717) is 6.54 Å². The molecule has 3 heteroatoms. The fourth-order valence-electron chi connectivity index (χ4n) is 1.32. The van der Waals surface area contributed by atoms with E-state index in [4.69, 9.17) is 10.8 Å². The molecule has 0 aliphatic heterocycles. The monoisotopic (exact) mass is 183 g/mol. The fraction of sp³-hybridized carbons (Fsp3) is 0.400. The fourth-order valence-corrected chi connectivity index (χ4v) is 1.32. The topological polar surface area (TPSA) is 46.2 Å². The van der Waals surface area contributed by atoms with Gasteiger partial charge < -0.3 is 10.8 Å². The Morgan fingerprint density at radius 2 is 2.15 bits per heavy atom. The molecule has 1 atom stereocenters. The molecule has 0 saturated heterocycles. The molecule has 0 aliphatic carbocycles. The molecule has 0 fully saturated rings. The van der Waals surface area contributed by atoms with Crippen molar-refractivity contribution in [3.05, 3.63) is 35.1 Å². The summed E-state index contributed by atoms with van der Waals surface area (Å²) in [4.78, 5) is 0. The third-order valence-electron chi connectivity index (χ3n) is 2.04. The molecule has 0 radical (unpaired) electrons. The number of hydrogen-bond donors (Lipinski definition) is 2. The lowest BCUT2D eigenvalue weighted by Gasteiger charge is -2.12. The van der Waals surface area contributed by atoms with Crippen molar-refractivity contribution in [3.8, 4) is 0 Å². The van der Waals surface area contributed by atoms with E-state index in [9.17, 15) is 4.39 Å². The van der Waals surface area contributed by atoms with E-state index in [1.54, 1.807) is 0 Å². The highest BCUT2D eigenvalue weighted by atomic mass is 19.1. The molecule has 0 spiro atoms. The predicted molar refractivity (Wildman–Crippen MR) is 50.0 cm³/mol. The zero-order chi connectivity index (χ0) is 9.84. The van der Waals surface area contributed by atoms with Crippen molar-refractivity contribution in [3.63, 3.8) is 0 Å². The number of benzene rings is 1. The van der Waals surface area contributed by atoms with Gasteiger partial charge in [-0.1, -0.05) is 6.07 Å². The molecule has 1 aromatic carbocycles. The molecule has 3 N–H and O–H groups in total. The van der Waals surface area contributed by atoms with Crippen molar-refractivity contribution in [2.75, 3.05) is 13.2 Å². The van der Waals surface area contributed by atoms with Gasteiger partial charge in [0, 0.05) is 12.5 Å². The number of halogens is 1. The standard InChI is InChI=1S/C10H14FNO/c1-7-2-8(4-10(11)3-7)9(5-12)6-13/h2-4,9,13H,5-6,12H2,1H3. The van der Waals surface area contributed by atoms with E-state index >= 15 is 0 Å². The molecule has 0 amide bonds. The van der Waals surface area contributed by atoms with Crippen LogP contribution < -0.4 is 5.73 Å². The average molecular weight is 183 g/mol. The third-order valence-corrected chi connectivity index (χ3v) is 2.04. The minimum absolute atomic E-state index is 0.0423. The summed E-state index contributed by atoms with van der Waals surface area (Å²) in [7, 11) is 0. The predicted octanol–water partition coefficient (Wildman–Crippen LogP) is 1.17. The van der Waals surface area contributed by atoms with Crippen LogP contribution in [0.3, 0.4) is 0 Å². The zero-order valence-electron chi connectivity index (χ0n) is 7.63. The Balaban J connectivity index is 2.99. The van der Waals surface area contributed by atoms with Gasteiger partial charge in [-0.2, -0.15) is 0 Å². The molecule has 0 aromatic heterocycles. The summed E-state index contributed by atoms with van der Waals surface area (Å²) in [6, 6.07) is 4.71. The number of rotatable bonds is 3. The Labute approximate surface area is 77.2 Å². The average Bonchev–Trinajstić information content (AvgIpc) is 2.04. The summed E-state index contributed by atoms with van der Waals surface area (Å²) >= 11 is 0. The summed E-state index contributed by atoms with van der Waals surface area (Å²) in [6.07, 6.45) is 0. The first-order chi connectivity index (χ1) is 6.17. The molecular weight excluding hydrogens is 169 g/mol. The molecule has 0 bridgehead atoms. The molecule has 0 aliphatic rings. The second kappa shape index (κ2) is 4.35. The maximum absolute atomic E-state index is 12.9. The largest absolute Gasteiger partial charge is 0.396 e. The van der Waals surface area contributed by atoms with Gasteiger partial charge in [0.05, 0.1) is 6.61 Å². The number of hydrogen-bond acceptors (Lipinski definition) is 2. The van der Waals surface area contributed by atoms with E-state index in [2.05, 4.69) is 0 Å². The highest BCUT2D eigenvalue weighted by Gasteiger charge is 2.09. The van der Waals surface area contributed by atoms with E-state index in [0.717, 1.165) is 11.1 Å². The summed E-state index contributed by atoms with van der Waals surface area (Å²) in [5.74, 6) is -0.434. The molecule has 0 heterocycles. The van der Waals surface area contributed by atoms with Gasteiger partial charge in [0.25, 0.3) is 0 Å². The lowest BCUT2D eigenvalue weighted by Crippen LogP contribution is -2.16. The van der Waals surface area contributed by atoms with Gasteiger partial charge in [0.1, 0.15) is 5.82 Å². The molecule has 1 unspecified atom stereocenters. The van der Waals surface area contributed by atoms with Gasteiger partial charge in [-0.25, -0.2) is 4.39 Å². The second-order valence-electron chi connectivity index (χ2n) is 3.18. The Kier molecular flexibility index (Phi) is 3.39. The van der Waals surface area contributed by atoms with Crippen LogP contribution in [0.15, 0.2) is 18.2 Å². The Hall–Kier alpha value is -0.930. The van der Waals surface area contributed by atoms with Crippen LogP contribution >= 0.6 is 0 Å². The quantitative estimate of drug-likeness (QED) is 0.738. The lowest BCUT2D eigenvalue weighted by atomic mass is 9.98. The molecule has 13 heavy (non-hydrogen) atoms. The van der Waals surface area contributed by atoms with E-state index in [-0.39, 0.29) is 18.3 Å². The maximum Gasteiger partial charge on any atom is 0.123 e. The van der Waals surface area contributed by atoms with Crippen LogP contribution in [0.5, 0.6) is 0 Å². The second-order valence-corrected chi connectivity index (χ2v) is 3.18. The van der Waals surface area contributed by atoms with Crippen molar-refractivity contribution in [2.24, 2.45) is 5.73 Å². The summed E-state index contributed by atoms with van der Waals surface area (Å²) in [5, 5.41) is 8.96. The highest BCUT2D eigenvalue weighted by molar-refractivity contribution is 5.26. The molecular formula is C10H14FNO. The van der Waals surface area contributed by atoms with Gasteiger partial charge >= 0.3 is 0 Å². The zero-order valence-corrected chi connectivity index (χ0v) is 7.63. The van der Waals surface area contributed by atoms with Crippen LogP contribution in [-0.2, 0) is 0 Å². The molecule has 0 saturated carbocycles. The van der Waals surface area contributed by atoms with Gasteiger partial charge in [-0.05, 0) is 30.2 Å². The molecule has 72 valence electrons. The Morgan fingerprint density at radius 3 is 2.62 bits per heavy atom. The first-order valence-corrected chi connectivity index (χ1v) is 4.25.